The summed E-state index contributed by atoms with van der Waals surface area (Å²) in [5.41, 5.74) is 0.340. The fourth-order valence-electron chi connectivity index (χ4n) is 2.92. The van der Waals surface area contributed by atoms with Crippen molar-refractivity contribution in [2.24, 2.45) is 0 Å². The first-order valence-electron chi connectivity index (χ1n) is 11.5. The van der Waals surface area contributed by atoms with Crippen molar-refractivity contribution >= 4 is 51.5 Å². The summed E-state index contributed by atoms with van der Waals surface area (Å²) in [4.78, 5) is 45.8. The van der Waals surface area contributed by atoms with Crippen LogP contribution in [0, 0.1) is 0 Å². The minimum absolute atomic E-state index is 0. The number of aliphatic hydroxyl groups is 1. The summed E-state index contributed by atoms with van der Waals surface area (Å²) in [6, 6.07) is -1.14. The molecule has 2 rings (SSSR count). The van der Waals surface area contributed by atoms with Crippen molar-refractivity contribution in [3.8, 4) is 10.7 Å². The summed E-state index contributed by atoms with van der Waals surface area (Å²) < 4.78 is 5.16. The molecule has 208 valence electrons. The number of aliphatic hydroxyl groups excluding tert-OH is 1. The first-order chi connectivity index (χ1) is 16.9. The van der Waals surface area contributed by atoms with E-state index in [1.165, 1.54) is 29.6 Å². The largest absolute Gasteiger partial charge is 1.00 e. The van der Waals surface area contributed by atoms with E-state index in [4.69, 9.17) is 4.74 Å². The fourth-order valence-corrected chi connectivity index (χ4v) is 5.25. The number of ether oxygens (including phenoxy) is 1. The van der Waals surface area contributed by atoms with Gasteiger partial charge in [0, 0.05) is 36.7 Å². The van der Waals surface area contributed by atoms with E-state index in [9.17, 15) is 19.5 Å². The number of halogens is 1. The molecule has 0 radical (unpaired) electrons. The number of hydrogen-bond donors (Lipinski definition) is 4. The molecule has 0 fully saturated rings. The standard InChI is InChI=1S/C23H35N5O5S3.HI/c1-14(29)18(28-22(32)33-23(2,3)4)20(31)25-10-8-17-26-16(13-34-17)21-27-15(12-35-21)19(30)24-9-7-11-36(5)6;/h12-14,18,29H,7-11H2,1-6H3,(H2-,24,25,28,30,31,32);1H/t14-,18+;/m1./s1. The summed E-state index contributed by atoms with van der Waals surface area (Å²) in [6.45, 7) is 7.46. The highest BCUT2D eigenvalue weighted by molar-refractivity contribution is 7.95. The number of amides is 3. The molecule has 2 aromatic heterocycles. The van der Waals surface area contributed by atoms with Crippen molar-refractivity contribution in [3.05, 3.63) is 21.5 Å². The van der Waals surface area contributed by atoms with Gasteiger partial charge in [-0.05, 0) is 38.6 Å². The summed E-state index contributed by atoms with van der Waals surface area (Å²) in [7, 11) is 0.363. The fraction of sp³-hybridized carbons (Fsp3) is 0.609. The summed E-state index contributed by atoms with van der Waals surface area (Å²) >= 11 is 2.79. The van der Waals surface area contributed by atoms with Gasteiger partial charge in [0.05, 0.1) is 23.6 Å². The molecule has 14 heteroatoms. The zero-order valence-electron chi connectivity index (χ0n) is 21.9. The Kier molecular flexibility index (Phi) is 14.3. The number of carbonyl (C=O) groups excluding carboxylic acids is 3. The van der Waals surface area contributed by atoms with Crippen molar-refractivity contribution < 1.29 is 48.2 Å². The lowest BCUT2D eigenvalue weighted by molar-refractivity contribution is -0.125. The van der Waals surface area contributed by atoms with Crippen LogP contribution in [0.4, 0.5) is 4.79 Å². The number of carbonyl (C=O) groups is 3. The zero-order chi connectivity index (χ0) is 26.9. The van der Waals surface area contributed by atoms with Gasteiger partial charge in [-0.15, -0.1) is 22.7 Å². The van der Waals surface area contributed by atoms with Crippen LogP contribution in [0.25, 0.3) is 10.7 Å². The Bertz CT molecular complexity index is 1020. The first kappa shape index (κ1) is 33.5. The molecule has 0 spiro atoms. The Morgan fingerprint density at radius 1 is 1.11 bits per heavy atom. The SMILES string of the molecule is C[C@@H](O)[C@H](NC(=O)OC(C)(C)C)C(=O)NCCc1nc(-c2nc(C(=O)NCCC[S+](C)C)cs2)cs1.[I-]. The molecule has 0 aromatic carbocycles. The van der Waals surface area contributed by atoms with Crippen LogP contribution in [0.1, 0.15) is 49.6 Å². The molecule has 2 heterocycles. The second kappa shape index (κ2) is 15.8. The summed E-state index contributed by atoms with van der Waals surface area (Å²) in [5.74, 6) is 0.386. The third kappa shape index (κ3) is 12.3. The Hall–Kier alpha value is -1.49. The van der Waals surface area contributed by atoms with E-state index in [0.29, 0.717) is 40.3 Å². The topological polar surface area (TPSA) is 143 Å². The van der Waals surface area contributed by atoms with Gasteiger partial charge in [0.2, 0.25) is 5.91 Å². The predicted molar refractivity (Wildman–Crippen MR) is 146 cm³/mol. The van der Waals surface area contributed by atoms with Gasteiger partial charge in [0.25, 0.3) is 5.91 Å². The van der Waals surface area contributed by atoms with Crippen LogP contribution in [-0.4, -0.2) is 82.1 Å². The number of hydrogen-bond acceptors (Lipinski definition) is 9. The predicted octanol–water partition coefficient (Wildman–Crippen LogP) is -0.799. The average molecular weight is 686 g/mol. The monoisotopic (exact) mass is 685 g/mol. The van der Waals surface area contributed by atoms with E-state index >= 15 is 0 Å². The van der Waals surface area contributed by atoms with Crippen LogP contribution in [0.3, 0.4) is 0 Å². The minimum Gasteiger partial charge on any atom is -1.00 e. The van der Waals surface area contributed by atoms with E-state index in [2.05, 4.69) is 38.4 Å². The normalized spacial score (nSPS) is 12.9. The number of aromatic nitrogens is 2. The summed E-state index contributed by atoms with van der Waals surface area (Å²) in [6.07, 6.45) is 3.89. The first-order valence-corrected chi connectivity index (χ1v) is 15.5. The Morgan fingerprint density at radius 2 is 1.81 bits per heavy atom. The van der Waals surface area contributed by atoms with Gasteiger partial charge >= 0.3 is 6.09 Å². The maximum absolute atomic E-state index is 12.5. The van der Waals surface area contributed by atoms with Crippen molar-refractivity contribution in [2.75, 3.05) is 31.4 Å². The Balaban J connectivity index is 0.00000684. The van der Waals surface area contributed by atoms with E-state index in [1.54, 1.807) is 26.2 Å². The molecule has 3 amide bonds. The van der Waals surface area contributed by atoms with Gasteiger partial charge < -0.3 is 49.8 Å². The Labute approximate surface area is 246 Å². The molecule has 0 aliphatic heterocycles. The maximum atomic E-state index is 12.5. The quantitative estimate of drug-likeness (QED) is 0.130. The van der Waals surface area contributed by atoms with Crippen LogP contribution in [-0.2, 0) is 26.8 Å². The molecule has 0 aliphatic rings. The third-order valence-electron chi connectivity index (χ3n) is 4.60. The van der Waals surface area contributed by atoms with Gasteiger partial charge in [-0.2, -0.15) is 0 Å². The Morgan fingerprint density at radius 3 is 2.43 bits per heavy atom. The van der Waals surface area contributed by atoms with Crippen LogP contribution in [0.2, 0.25) is 0 Å². The smallest absolute Gasteiger partial charge is 0.408 e. The number of thiazole rings is 2. The van der Waals surface area contributed by atoms with Crippen LogP contribution >= 0.6 is 22.7 Å². The maximum Gasteiger partial charge on any atom is 0.408 e. The van der Waals surface area contributed by atoms with Crippen molar-refractivity contribution in [1.29, 1.82) is 0 Å². The molecule has 10 nitrogen and oxygen atoms in total. The number of nitrogens with zero attached hydrogens (tertiary/aromatic N) is 2. The van der Waals surface area contributed by atoms with Gasteiger partial charge in [-0.1, -0.05) is 0 Å². The van der Waals surface area contributed by atoms with E-state index in [1.807, 2.05) is 5.38 Å². The molecule has 37 heavy (non-hydrogen) atoms. The number of nitrogens with one attached hydrogen (secondary N) is 3. The molecule has 0 saturated carbocycles. The molecule has 2 aromatic rings. The molecule has 2 atom stereocenters. The third-order valence-corrected chi connectivity index (χ3v) is 7.48. The van der Waals surface area contributed by atoms with E-state index < -0.39 is 29.7 Å². The average Bonchev–Trinajstić information content (AvgIpc) is 3.43. The van der Waals surface area contributed by atoms with Crippen molar-refractivity contribution in [1.82, 2.24) is 25.9 Å². The summed E-state index contributed by atoms with van der Waals surface area (Å²) in [5, 5.41) is 23.0. The van der Waals surface area contributed by atoms with Crippen LogP contribution < -0.4 is 39.9 Å². The van der Waals surface area contributed by atoms with E-state index in [0.717, 1.165) is 17.2 Å². The van der Waals surface area contributed by atoms with Gasteiger partial charge in [0.1, 0.15) is 33.8 Å². The molecule has 4 N–H and O–H groups in total. The van der Waals surface area contributed by atoms with Crippen molar-refractivity contribution in [3.63, 3.8) is 0 Å². The molecular weight excluding hydrogens is 649 g/mol. The molecule has 0 bridgehead atoms. The van der Waals surface area contributed by atoms with Crippen LogP contribution in [0.15, 0.2) is 10.8 Å². The lowest BCUT2D eigenvalue weighted by atomic mass is 10.1. The highest BCUT2D eigenvalue weighted by Crippen LogP contribution is 2.25. The van der Waals surface area contributed by atoms with Crippen LogP contribution in [0.5, 0.6) is 0 Å². The zero-order valence-corrected chi connectivity index (χ0v) is 26.5. The second-order valence-electron chi connectivity index (χ2n) is 9.37. The second-order valence-corrected chi connectivity index (χ2v) is 13.5. The van der Waals surface area contributed by atoms with Gasteiger partial charge in [-0.3, -0.25) is 9.59 Å². The molecule has 0 aliphatic carbocycles. The minimum atomic E-state index is -1.14. The van der Waals surface area contributed by atoms with Gasteiger partial charge in [0.15, 0.2) is 0 Å². The number of alkyl carbamates (subject to hydrolysis) is 1. The molecule has 0 unspecified atom stereocenters. The molecule has 0 saturated heterocycles. The van der Waals surface area contributed by atoms with Crippen molar-refractivity contribution in [2.45, 2.75) is 58.3 Å². The molecular formula is C23H36IN5O5S3. The lowest BCUT2D eigenvalue weighted by Gasteiger charge is -2.24. The highest BCUT2D eigenvalue weighted by Gasteiger charge is 2.28. The number of rotatable bonds is 12. The highest BCUT2D eigenvalue weighted by atomic mass is 127. The lowest BCUT2D eigenvalue weighted by Crippen LogP contribution is -3.00. The van der Waals surface area contributed by atoms with Gasteiger partial charge in [-0.25, -0.2) is 14.8 Å². The van der Waals surface area contributed by atoms with E-state index in [-0.39, 0.29) is 36.4 Å².